The van der Waals surface area contributed by atoms with Crippen LogP contribution in [0.5, 0.6) is 5.75 Å². The first-order valence-corrected chi connectivity index (χ1v) is 50.0. The number of imide groups is 1. The number of rotatable bonds is 44. The van der Waals surface area contributed by atoms with E-state index in [-0.39, 0.29) is 141 Å². The third-order valence-electron chi connectivity index (χ3n) is 22.8. The number of aromatic nitrogens is 2. The van der Waals surface area contributed by atoms with Crippen LogP contribution >= 0.6 is 33.2 Å². The van der Waals surface area contributed by atoms with Crippen molar-refractivity contribution in [2.24, 2.45) is 69.5 Å². The zero-order chi connectivity index (χ0) is 101. The fourth-order valence-electron chi connectivity index (χ4n) is 14.9. The van der Waals surface area contributed by atoms with Gasteiger partial charge >= 0.3 is 11.9 Å². The lowest BCUT2D eigenvalue weighted by molar-refractivity contribution is -0.196. The number of H-pyrrole nitrogens is 1. The number of carbonyl (C=O) groups excluding carboxylic acids is 16. The molecule has 39 heteroatoms. The molecule has 13 atom stereocenters. The molecule has 4 aliphatic heterocycles. The largest absolute Gasteiger partial charge is 0.506 e. The molecule has 10 amide bonds. The maximum atomic E-state index is 15.0. The van der Waals surface area contributed by atoms with E-state index in [0.29, 0.717) is 35.6 Å². The summed E-state index contributed by atoms with van der Waals surface area (Å²) in [5.41, 5.74) is 18.1. The first-order valence-electron chi connectivity index (χ1n) is 47.1. The van der Waals surface area contributed by atoms with E-state index >= 15 is 0 Å². The number of aliphatic carboxylic acids is 1. The molecule has 752 valence electrons. The number of aliphatic imine (C=N–C) groups is 1. The molecule has 17 N–H and O–H groups in total. The Morgan fingerprint density at radius 3 is 1.86 bits per heavy atom. The van der Waals surface area contributed by atoms with Gasteiger partial charge < -0.3 is 84.5 Å². The molecule has 2 unspecified atom stereocenters. The fourth-order valence-corrected chi connectivity index (χ4v) is 17.6. The molecule has 4 aliphatic rings. The molecule has 0 saturated carbocycles. The number of hydroxylamine groups is 2. The van der Waals surface area contributed by atoms with Crippen molar-refractivity contribution in [3.05, 3.63) is 94.7 Å². The summed E-state index contributed by atoms with van der Waals surface area (Å²) in [5.74, 6) is -16.5. The molecule has 0 aliphatic carbocycles. The van der Waals surface area contributed by atoms with Gasteiger partial charge in [-0.3, -0.25) is 81.7 Å². The number of nitrogens with two attached hydrogens (primary N) is 3. The van der Waals surface area contributed by atoms with Crippen LogP contribution in [0.25, 0.3) is 0 Å². The summed E-state index contributed by atoms with van der Waals surface area (Å²) in [6.45, 7) is 22.5. The van der Waals surface area contributed by atoms with Crippen molar-refractivity contribution in [2.45, 2.75) is 292 Å². The van der Waals surface area contributed by atoms with Crippen LogP contribution in [0.4, 0.5) is 0 Å². The minimum Gasteiger partial charge on any atom is -0.506 e. The first kappa shape index (κ1) is 119. The molecular weight excluding hydrogens is 1800 g/mol. The Morgan fingerprint density at radius 2 is 1.32 bits per heavy atom. The number of hydrogen-bond donors (Lipinski definition) is 14. The zero-order valence-electron chi connectivity index (χ0n) is 80.5. The van der Waals surface area contributed by atoms with Crippen LogP contribution in [0.1, 0.15) is 247 Å². The van der Waals surface area contributed by atoms with Gasteiger partial charge in [0.25, 0.3) is 11.8 Å². The van der Waals surface area contributed by atoms with Crippen LogP contribution in [0.15, 0.2) is 77.8 Å². The Kier molecular flexibility index (Phi) is 57.8. The number of aromatic hydroxyl groups is 1. The number of carboxylic acids is 1. The molecule has 3 fully saturated rings. The van der Waals surface area contributed by atoms with E-state index in [4.69, 9.17) is 33.6 Å². The number of aliphatic hydroxyl groups excluding tert-OH is 1. The monoisotopic (exact) mass is 1950 g/mol. The van der Waals surface area contributed by atoms with Gasteiger partial charge in [0.15, 0.2) is 23.1 Å². The number of fused-ring (bicyclic) bond motifs is 1. The van der Waals surface area contributed by atoms with Gasteiger partial charge in [0.1, 0.15) is 30.2 Å². The number of aromatic amines is 1. The van der Waals surface area contributed by atoms with Crippen LogP contribution in [-0.4, -0.2) is 235 Å². The van der Waals surface area contributed by atoms with Gasteiger partial charge in [-0.1, -0.05) is 190 Å². The Bertz CT molecular complexity index is 4320. The summed E-state index contributed by atoms with van der Waals surface area (Å²) in [6, 6.07) is 5.56. The Hall–Kier alpha value is -10.1. The Morgan fingerprint density at radius 1 is 0.696 bits per heavy atom. The van der Waals surface area contributed by atoms with Crippen molar-refractivity contribution >= 4 is 139 Å². The Labute approximate surface area is 806 Å². The van der Waals surface area contributed by atoms with Gasteiger partial charge in [-0.2, -0.15) is 0 Å². The summed E-state index contributed by atoms with van der Waals surface area (Å²) < 4.78 is 0. The third-order valence-corrected chi connectivity index (χ3v) is 25.6. The summed E-state index contributed by atoms with van der Waals surface area (Å²) >= 11 is 6.21. The number of halogens is 1. The summed E-state index contributed by atoms with van der Waals surface area (Å²) in [5, 5.41) is 49.9. The number of ketones is 5. The molecule has 1 aromatic heterocycles. The van der Waals surface area contributed by atoms with Gasteiger partial charge in [-0.05, 0) is 112 Å². The van der Waals surface area contributed by atoms with Crippen LogP contribution in [0.2, 0.25) is 5.02 Å². The molecule has 135 heavy (non-hydrogen) atoms. The van der Waals surface area contributed by atoms with Crippen LogP contribution in [0.3, 0.4) is 0 Å². The van der Waals surface area contributed by atoms with E-state index in [0.717, 1.165) is 63.8 Å². The number of unbranched alkanes of at least 4 members (excludes halogenated alkanes) is 6. The van der Waals surface area contributed by atoms with Gasteiger partial charge in [0.05, 0.1) is 65.8 Å². The molecular formula is C96H148ClN15O21S2. The lowest BCUT2D eigenvalue weighted by Gasteiger charge is -2.31. The zero-order valence-corrected chi connectivity index (χ0v) is 82.9. The first-order chi connectivity index (χ1) is 64.2. The molecule has 2 aromatic carbocycles. The van der Waals surface area contributed by atoms with E-state index in [1.807, 2.05) is 40.7 Å². The summed E-state index contributed by atoms with van der Waals surface area (Å²) in [4.78, 5) is 242. The SMILES string of the molecule is CCC(C)[C@H](CC(=O)[C@@H](C)CC1=CCC=N1)C(=O)N[C@@H](CC(C)C)C(=O)CCC(=O)NCC(=O)ON1C(=O)CCC1=O.CCCCCN.CCCCCN.CCCCCN.CNC(=O)[C@@H]1CSSC[C@H](NC(=O)[C@@H](CC(=O)[C@H](Cc2ccccc2)NC(C)=O)Cc2cnc[nH]2)C(=O)N2CC(O)C[C@H]2C(=O)N[C@@H](Cc2ccc(O)c(Cl)c2)C(=O)C[C@@H](CC(=O)O)C(=O)N[C@@H](CC(C)C)C(=O)C1. The van der Waals surface area contributed by atoms with Crippen molar-refractivity contribution in [1.29, 1.82) is 0 Å². The number of nitrogens with zero attached hydrogens (tertiary/aromatic N) is 4. The highest BCUT2D eigenvalue weighted by Gasteiger charge is 2.45. The third kappa shape index (κ3) is 46.1. The number of carbonyl (C=O) groups is 17. The van der Waals surface area contributed by atoms with Gasteiger partial charge in [-0.15, -0.1) is 5.06 Å². The number of phenolic OH excluding ortho intramolecular Hbond substituents is 1. The topological polar surface area (TPSA) is 570 Å². The number of Topliss-reactive ketones (excluding diaryl/α,β-unsaturated/α-hetero) is 5. The van der Waals surface area contributed by atoms with Gasteiger partial charge in [0, 0.05) is 138 Å². The van der Waals surface area contributed by atoms with E-state index in [1.54, 1.807) is 50.4 Å². The molecule has 7 rings (SSSR count). The number of phenols is 1. The number of allylic oxidation sites excluding steroid dienone is 2. The Balaban J connectivity index is 0.000000649. The lowest BCUT2D eigenvalue weighted by Crippen LogP contribution is -2.57. The average Bonchev–Trinajstić information content (AvgIpc) is 1.71. The number of amides is 10. The molecule has 0 bridgehead atoms. The molecule has 3 saturated heterocycles. The smallest absolute Gasteiger partial charge is 0.352 e. The van der Waals surface area contributed by atoms with Crippen LogP contribution in [-0.2, 0) is 106 Å². The van der Waals surface area contributed by atoms with Crippen LogP contribution < -0.4 is 54.4 Å². The maximum absolute atomic E-state index is 15.0. The number of carboxylic acid groups (broad SMARTS) is 1. The number of hydrogen-bond acceptors (Lipinski definition) is 27. The van der Waals surface area contributed by atoms with Crippen molar-refractivity contribution < 1.29 is 102 Å². The highest BCUT2D eigenvalue weighted by atomic mass is 35.5. The van der Waals surface area contributed by atoms with Crippen LogP contribution in [0, 0.1) is 47.3 Å². The fraction of sp³-hybridized carbons (Fsp3) is 0.635. The van der Waals surface area contributed by atoms with E-state index in [9.17, 15) is 96.8 Å². The quantitative estimate of drug-likeness (QED) is 0.0144. The lowest BCUT2D eigenvalue weighted by atomic mass is 9.83. The van der Waals surface area contributed by atoms with Crippen molar-refractivity contribution in [3.8, 4) is 5.75 Å². The normalized spacial score (nSPS) is 19.6. The van der Waals surface area contributed by atoms with Gasteiger partial charge in [0.2, 0.25) is 47.3 Å². The molecule has 36 nitrogen and oxygen atoms in total. The van der Waals surface area contributed by atoms with Gasteiger partial charge in [-0.25, -0.2) is 9.78 Å². The highest BCUT2D eigenvalue weighted by molar-refractivity contribution is 8.76. The highest BCUT2D eigenvalue weighted by Crippen LogP contribution is 2.32. The molecule has 0 spiro atoms. The van der Waals surface area contributed by atoms with Crippen molar-refractivity contribution in [2.75, 3.05) is 51.3 Å². The molecule has 3 aromatic rings. The van der Waals surface area contributed by atoms with E-state index < -0.39 is 174 Å². The number of nitrogens with one attached hydrogen (secondary N) is 8. The second kappa shape index (κ2) is 65.6. The number of imidazole rings is 1. The van der Waals surface area contributed by atoms with Crippen molar-refractivity contribution in [1.82, 2.24) is 57.1 Å². The van der Waals surface area contributed by atoms with E-state index in [1.165, 1.54) is 102 Å². The second-order valence-corrected chi connectivity index (χ2v) is 38.2. The number of benzene rings is 2. The predicted octanol–water partition coefficient (Wildman–Crippen LogP) is 8.11. The van der Waals surface area contributed by atoms with Crippen molar-refractivity contribution in [3.63, 3.8) is 0 Å². The predicted molar refractivity (Wildman–Crippen MR) is 518 cm³/mol. The number of aliphatic hydroxyl groups is 1. The van der Waals surface area contributed by atoms with E-state index in [2.05, 4.69) is 72.9 Å². The molecule has 0 radical (unpaired) electrons. The summed E-state index contributed by atoms with van der Waals surface area (Å²) in [6.07, 6.45) is 15.8. The summed E-state index contributed by atoms with van der Waals surface area (Å²) in [7, 11) is 3.55. The molecule has 5 heterocycles. The minimum absolute atomic E-state index is 0.00653. The average molecular weight is 1950 g/mol. The standard InChI is InChI=1S/C51H65ClN8O13S2.C30H44N4O8.3C5H13N/c1-27(2)12-37-45(66)19-33(47(69)53-4)24-74-75-25-40(59-48(70)31(16-34-22-54-26-55-34)17-43(64)38(56-28(3)61)14-29-8-6-5-7-9-29)51(73)60-23-35(62)21-41(60)50(72)58-39(15-30-10-11-42(63)36(52)13-30)44(65)18-32(20-46(67)68)49(71)57-37;1-6-19(4)22(16-25(36)20(5)15-21-8-7-13-31-21)30(41)33-23(14-18(2)3)24(35)9-10-26(37)32-17-29(40)42-34-27(38)11-12-28(34)39;3*1-2-3-4-5-6/h5-11,13,22,26-27,31-33,35,37-41,62-63H,12,14-21,23-25H2,1-4H3,(H,53,69)(H,54,55)(H,56,61)(H,57,71)(H,58,72)(H,59,70)(H,67,68);8,13,18-20,22-23H,6-7,9-12,14-17H2,1-5H3,(H,32,37)(H,33,41);3*2-6H2,1H3/t31-,32+,33+,35?,37+,38+,39+,40+,41+;19?,20-,22-,23-;;;/m10.../s1. The maximum Gasteiger partial charge on any atom is 0.352 e. The second-order valence-electron chi connectivity index (χ2n) is 35.3. The minimum atomic E-state index is -1.55.